The smallest absolute Gasteiger partial charge is 0.489 e. The summed E-state index contributed by atoms with van der Waals surface area (Å²) in [6.45, 7) is 3.92. The predicted octanol–water partition coefficient (Wildman–Crippen LogP) is 6.17. The number of benzene rings is 2. The topological polar surface area (TPSA) is 52.6 Å². The third kappa shape index (κ3) is 5.42. The minimum absolute atomic E-state index is 0.228. The van der Waals surface area contributed by atoms with E-state index in [0.29, 0.717) is 16.9 Å². The summed E-state index contributed by atoms with van der Waals surface area (Å²) in [5.74, 6) is 0.107. The van der Waals surface area contributed by atoms with Gasteiger partial charge in [-0.1, -0.05) is 49.2 Å². The third-order valence-corrected chi connectivity index (χ3v) is 5.80. The Balaban J connectivity index is 2.32. The van der Waals surface area contributed by atoms with Crippen LogP contribution in [0.2, 0.25) is 10.0 Å². The molecule has 4 nitrogen and oxygen atoms in total. The standard InChI is InChI=1S/C18H16Cl3F3O4S/c1-17(2,12-9-14(20)16(15(21)10-12)27-8-7-19)11-3-5-13(6-4-11)28-29(25,26)18(22,23)24/h3-6,9-10H,7-8H2,1-2H3. The molecule has 0 amide bonds. The molecule has 0 N–H and O–H groups in total. The summed E-state index contributed by atoms with van der Waals surface area (Å²) in [6.07, 6.45) is 0. The summed E-state index contributed by atoms with van der Waals surface area (Å²) in [7, 11) is -5.73. The van der Waals surface area contributed by atoms with E-state index in [1.165, 1.54) is 12.1 Å². The molecule has 0 unspecified atom stereocenters. The van der Waals surface area contributed by atoms with Crippen molar-refractivity contribution in [1.29, 1.82) is 0 Å². The maximum absolute atomic E-state index is 12.4. The van der Waals surface area contributed by atoms with Gasteiger partial charge in [0.15, 0.2) is 5.75 Å². The van der Waals surface area contributed by atoms with Crippen molar-refractivity contribution < 1.29 is 30.5 Å². The molecule has 2 aromatic rings. The molecule has 2 aromatic carbocycles. The molecular formula is C18H16Cl3F3O4S. The highest BCUT2D eigenvalue weighted by Gasteiger charge is 2.48. The third-order valence-electron chi connectivity index (χ3n) is 4.11. The number of hydrogen-bond acceptors (Lipinski definition) is 4. The highest BCUT2D eigenvalue weighted by atomic mass is 35.5. The van der Waals surface area contributed by atoms with Crippen LogP contribution in [-0.4, -0.2) is 26.4 Å². The van der Waals surface area contributed by atoms with Crippen molar-refractivity contribution in [1.82, 2.24) is 0 Å². The van der Waals surface area contributed by atoms with Gasteiger partial charge < -0.3 is 8.92 Å². The highest BCUT2D eigenvalue weighted by Crippen LogP contribution is 2.41. The Labute approximate surface area is 181 Å². The minimum atomic E-state index is -5.73. The average Bonchev–Trinajstić information content (AvgIpc) is 2.60. The van der Waals surface area contributed by atoms with E-state index in [-0.39, 0.29) is 22.5 Å². The van der Waals surface area contributed by atoms with Gasteiger partial charge in [0.2, 0.25) is 0 Å². The number of ether oxygens (including phenoxy) is 1. The molecule has 0 radical (unpaired) electrons. The molecule has 0 aliphatic rings. The van der Waals surface area contributed by atoms with Crippen LogP contribution in [0.3, 0.4) is 0 Å². The number of hydrogen-bond donors (Lipinski definition) is 0. The summed E-state index contributed by atoms with van der Waals surface area (Å²) in [6, 6.07) is 8.52. The van der Waals surface area contributed by atoms with Gasteiger partial charge in [0.25, 0.3) is 0 Å². The molecule has 0 fully saturated rings. The van der Waals surface area contributed by atoms with Crippen molar-refractivity contribution in [3.05, 3.63) is 57.6 Å². The molecule has 0 atom stereocenters. The van der Waals surface area contributed by atoms with Crippen LogP contribution < -0.4 is 8.92 Å². The number of rotatable bonds is 7. The first-order valence-corrected chi connectivity index (χ1v) is 10.8. The first kappa shape index (κ1) is 23.9. The Morgan fingerprint density at radius 2 is 1.48 bits per heavy atom. The van der Waals surface area contributed by atoms with Gasteiger partial charge in [0, 0.05) is 5.41 Å². The Hall–Kier alpha value is -1.35. The summed E-state index contributed by atoms with van der Waals surface area (Å²) in [5.41, 5.74) is -4.80. The van der Waals surface area contributed by atoms with E-state index in [4.69, 9.17) is 39.5 Å². The van der Waals surface area contributed by atoms with Gasteiger partial charge in [-0.05, 0) is 35.4 Å². The fourth-order valence-electron chi connectivity index (χ4n) is 2.47. The van der Waals surface area contributed by atoms with Crippen LogP contribution in [0.15, 0.2) is 36.4 Å². The molecule has 29 heavy (non-hydrogen) atoms. The summed E-state index contributed by atoms with van der Waals surface area (Å²) in [4.78, 5) is 0. The van der Waals surface area contributed by atoms with Crippen molar-refractivity contribution in [2.45, 2.75) is 24.8 Å². The molecule has 2 rings (SSSR count). The maximum atomic E-state index is 12.4. The Morgan fingerprint density at radius 3 is 1.93 bits per heavy atom. The molecular weight excluding hydrogens is 476 g/mol. The van der Waals surface area contributed by atoms with Crippen LogP contribution in [0.1, 0.15) is 25.0 Å². The van der Waals surface area contributed by atoms with Crippen LogP contribution in [0, 0.1) is 0 Å². The second-order valence-electron chi connectivity index (χ2n) is 6.44. The molecule has 11 heteroatoms. The lowest BCUT2D eigenvalue weighted by Crippen LogP contribution is -2.28. The van der Waals surface area contributed by atoms with Gasteiger partial charge in [-0.2, -0.15) is 21.6 Å². The highest BCUT2D eigenvalue weighted by molar-refractivity contribution is 7.88. The lowest BCUT2D eigenvalue weighted by Gasteiger charge is -2.27. The summed E-state index contributed by atoms with van der Waals surface area (Å²) >= 11 is 18.1. The van der Waals surface area contributed by atoms with E-state index in [0.717, 1.165) is 12.1 Å². The van der Waals surface area contributed by atoms with E-state index >= 15 is 0 Å². The minimum Gasteiger partial charge on any atom is -0.489 e. The van der Waals surface area contributed by atoms with E-state index in [9.17, 15) is 21.6 Å². The number of alkyl halides is 4. The first-order valence-electron chi connectivity index (χ1n) is 8.09. The van der Waals surface area contributed by atoms with Crippen molar-refractivity contribution >= 4 is 44.9 Å². The zero-order valence-corrected chi connectivity index (χ0v) is 18.3. The molecule has 0 aliphatic heterocycles. The van der Waals surface area contributed by atoms with E-state index in [1.54, 1.807) is 12.1 Å². The van der Waals surface area contributed by atoms with Crippen LogP contribution >= 0.6 is 34.8 Å². The summed E-state index contributed by atoms with van der Waals surface area (Å²) in [5, 5.41) is 0.559. The fraction of sp³-hybridized carbons (Fsp3) is 0.333. The van der Waals surface area contributed by atoms with Crippen molar-refractivity contribution in [2.24, 2.45) is 0 Å². The predicted molar refractivity (Wildman–Crippen MR) is 107 cm³/mol. The largest absolute Gasteiger partial charge is 0.534 e. The molecule has 0 heterocycles. The Morgan fingerprint density at radius 1 is 0.966 bits per heavy atom. The van der Waals surface area contributed by atoms with Gasteiger partial charge in [0.1, 0.15) is 12.4 Å². The average molecular weight is 492 g/mol. The normalized spacial score (nSPS) is 12.7. The van der Waals surface area contributed by atoms with Gasteiger partial charge in [-0.25, -0.2) is 0 Å². The molecule has 0 bridgehead atoms. The van der Waals surface area contributed by atoms with E-state index in [1.807, 2.05) is 13.8 Å². The lowest BCUT2D eigenvalue weighted by molar-refractivity contribution is -0.0500. The molecule has 0 aliphatic carbocycles. The monoisotopic (exact) mass is 490 g/mol. The van der Waals surface area contributed by atoms with Crippen molar-refractivity contribution in [3.8, 4) is 11.5 Å². The van der Waals surface area contributed by atoms with Gasteiger partial charge in [-0.3, -0.25) is 0 Å². The number of halogens is 6. The Kier molecular flexibility index (Phi) is 7.26. The molecule has 0 aromatic heterocycles. The lowest BCUT2D eigenvalue weighted by atomic mass is 9.78. The molecule has 160 valence electrons. The van der Waals surface area contributed by atoms with Crippen LogP contribution in [0.25, 0.3) is 0 Å². The van der Waals surface area contributed by atoms with Gasteiger partial charge >= 0.3 is 15.6 Å². The zero-order chi connectivity index (χ0) is 22.0. The van der Waals surface area contributed by atoms with Crippen LogP contribution in [-0.2, 0) is 15.5 Å². The van der Waals surface area contributed by atoms with E-state index in [2.05, 4.69) is 4.18 Å². The molecule has 0 spiro atoms. The quantitative estimate of drug-likeness (QED) is 0.264. The van der Waals surface area contributed by atoms with Crippen LogP contribution in [0.4, 0.5) is 13.2 Å². The SMILES string of the molecule is CC(C)(c1ccc(OS(=O)(=O)C(F)(F)F)cc1)c1cc(Cl)c(OCCCl)c(Cl)c1. The summed E-state index contributed by atoms with van der Waals surface area (Å²) < 4.78 is 69.1. The second kappa shape index (κ2) is 8.79. The van der Waals surface area contributed by atoms with Crippen LogP contribution in [0.5, 0.6) is 11.5 Å². The van der Waals surface area contributed by atoms with Gasteiger partial charge in [-0.15, -0.1) is 11.6 Å². The van der Waals surface area contributed by atoms with E-state index < -0.39 is 26.8 Å². The van der Waals surface area contributed by atoms with Crippen molar-refractivity contribution in [2.75, 3.05) is 12.5 Å². The zero-order valence-electron chi connectivity index (χ0n) is 15.2. The Bertz CT molecular complexity index is 952. The fourth-order valence-corrected chi connectivity index (χ4v) is 3.60. The first-order chi connectivity index (χ1) is 13.3. The van der Waals surface area contributed by atoms with Crippen molar-refractivity contribution in [3.63, 3.8) is 0 Å². The molecule has 0 saturated carbocycles. The second-order valence-corrected chi connectivity index (χ2v) is 9.17. The maximum Gasteiger partial charge on any atom is 0.534 e. The molecule has 0 saturated heterocycles. The van der Waals surface area contributed by atoms with Gasteiger partial charge in [0.05, 0.1) is 15.9 Å².